The van der Waals surface area contributed by atoms with Crippen LogP contribution in [0.2, 0.25) is 0 Å². The lowest BCUT2D eigenvalue weighted by molar-refractivity contribution is 1.47. The van der Waals surface area contributed by atoms with Crippen LogP contribution in [0.4, 0.5) is 0 Å². The van der Waals surface area contributed by atoms with E-state index in [9.17, 15) is 0 Å². The second kappa shape index (κ2) is 6.61. The summed E-state index contributed by atoms with van der Waals surface area (Å²) in [7, 11) is 0. The predicted molar refractivity (Wildman–Crippen MR) is 112 cm³/mol. The Morgan fingerprint density at radius 3 is 1.04 bits per heavy atom. The van der Waals surface area contributed by atoms with E-state index in [4.69, 9.17) is 0 Å². The minimum absolute atomic E-state index is 1.39. The van der Waals surface area contributed by atoms with Crippen molar-refractivity contribution < 1.29 is 0 Å². The summed E-state index contributed by atoms with van der Waals surface area (Å²) in [4.78, 5) is 0. The standard InChI is InChI=1S/C21H21ISi/c1-16-10-4-7-13-19(16)23(22,20-14-8-5-11-17(20)2)21-15-9-6-12-18(21)3/h4-15H,1-3H3. The molecule has 3 aromatic carbocycles. The molecule has 0 aromatic heterocycles. The van der Waals surface area contributed by atoms with Crippen LogP contribution in [0, 0.1) is 20.8 Å². The lowest BCUT2D eigenvalue weighted by Gasteiger charge is -2.31. The fraction of sp³-hybridized carbons (Fsp3) is 0.143. The van der Waals surface area contributed by atoms with E-state index in [0.29, 0.717) is 0 Å². The third-order valence-electron chi connectivity index (χ3n) is 4.55. The number of rotatable bonds is 3. The zero-order valence-electron chi connectivity index (χ0n) is 13.8. The Bertz CT molecular complexity index is 728. The molecule has 0 N–H and O–H groups in total. The maximum absolute atomic E-state index is 2.79. The Morgan fingerprint density at radius 1 is 0.522 bits per heavy atom. The number of hydrogen-bond acceptors (Lipinski definition) is 0. The van der Waals surface area contributed by atoms with Gasteiger partial charge in [-0.2, -0.15) is 0 Å². The first-order valence-corrected chi connectivity index (χ1v) is 13.0. The van der Waals surface area contributed by atoms with Crippen LogP contribution in [0.25, 0.3) is 0 Å². The maximum atomic E-state index is 2.79. The summed E-state index contributed by atoms with van der Waals surface area (Å²) >= 11 is 2.79. The molecule has 2 heteroatoms. The van der Waals surface area contributed by atoms with Crippen molar-refractivity contribution in [3.05, 3.63) is 89.5 Å². The van der Waals surface area contributed by atoms with Crippen LogP contribution in [0.1, 0.15) is 16.7 Å². The SMILES string of the molecule is Cc1ccccc1[Si](I)(c1ccccc1C)c1ccccc1C. The largest absolute Gasteiger partial charge is 0.217 e. The van der Waals surface area contributed by atoms with E-state index < -0.39 is 5.57 Å². The van der Waals surface area contributed by atoms with E-state index in [1.807, 2.05) is 0 Å². The monoisotopic (exact) mass is 428 g/mol. The molecule has 0 radical (unpaired) electrons. The lowest BCUT2D eigenvalue weighted by atomic mass is 10.2. The van der Waals surface area contributed by atoms with Gasteiger partial charge >= 0.3 is 0 Å². The molecule has 0 bridgehead atoms. The van der Waals surface area contributed by atoms with Crippen LogP contribution in [0.5, 0.6) is 0 Å². The van der Waals surface area contributed by atoms with Gasteiger partial charge in [-0.15, -0.1) is 21.8 Å². The molecule has 0 atom stereocenters. The van der Waals surface area contributed by atoms with Gasteiger partial charge in [-0.25, -0.2) is 0 Å². The highest BCUT2D eigenvalue weighted by Crippen LogP contribution is 2.19. The number of aryl methyl sites for hydroxylation is 3. The molecule has 0 saturated carbocycles. The van der Waals surface area contributed by atoms with E-state index in [1.165, 1.54) is 32.3 Å². The molecule has 0 unspecified atom stereocenters. The van der Waals surface area contributed by atoms with Gasteiger partial charge in [-0.1, -0.05) is 89.5 Å². The molecule has 0 nitrogen and oxygen atoms in total. The summed E-state index contributed by atoms with van der Waals surface area (Å²) in [5.41, 5.74) is 2.13. The number of benzene rings is 3. The predicted octanol–water partition coefficient (Wildman–Crippen LogP) is 4.01. The highest BCUT2D eigenvalue weighted by Gasteiger charge is 2.39. The highest BCUT2D eigenvalue weighted by atomic mass is 127. The van der Waals surface area contributed by atoms with Gasteiger partial charge in [0, 0.05) is 0 Å². The number of hydrogen-bond donors (Lipinski definition) is 0. The Labute approximate surface area is 152 Å². The second-order valence-corrected chi connectivity index (χ2v) is 13.9. The highest BCUT2D eigenvalue weighted by molar-refractivity contribution is 14.1. The van der Waals surface area contributed by atoms with Gasteiger partial charge in [0.25, 0.3) is 0 Å². The molecule has 3 aromatic rings. The smallest absolute Gasteiger partial charge is 0.100 e. The average Bonchev–Trinajstić information content (AvgIpc) is 2.55. The van der Waals surface area contributed by atoms with E-state index in [-0.39, 0.29) is 0 Å². The normalized spacial score (nSPS) is 11.5. The molecule has 0 aliphatic heterocycles. The van der Waals surface area contributed by atoms with Crippen molar-refractivity contribution in [2.75, 3.05) is 0 Å². The minimum atomic E-state index is -2.04. The molecular formula is C21H21ISi. The van der Waals surface area contributed by atoms with Gasteiger partial charge in [0.05, 0.1) is 0 Å². The van der Waals surface area contributed by atoms with Crippen molar-refractivity contribution in [3.8, 4) is 0 Å². The van der Waals surface area contributed by atoms with Crippen molar-refractivity contribution >= 4 is 42.9 Å². The van der Waals surface area contributed by atoms with Crippen molar-refractivity contribution in [2.45, 2.75) is 20.8 Å². The molecule has 3 rings (SSSR count). The van der Waals surface area contributed by atoms with E-state index in [1.54, 1.807) is 0 Å². The van der Waals surface area contributed by atoms with Crippen LogP contribution in [0.15, 0.2) is 72.8 Å². The summed E-state index contributed by atoms with van der Waals surface area (Å²) in [5.74, 6) is 0. The first-order valence-electron chi connectivity index (χ1n) is 7.92. The summed E-state index contributed by atoms with van der Waals surface area (Å²) in [6.45, 7) is 6.73. The number of halogens is 1. The first-order chi connectivity index (χ1) is 11.0. The van der Waals surface area contributed by atoms with Gasteiger partial charge in [0.2, 0.25) is 5.57 Å². The Kier molecular flexibility index (Phi) is 4.73. The molecule has 0 saturated heterocycles. The maximum Gasteiger partial charge on any atom is 0.217 e. The van der Waals surface area contributed by atoms with Gasteiger partial charge in [-0.05, 0) is 36.3 Å². The minimum Gasteiger partial charge on any atom is -0.100 e. The molecule has 23 heavy (non-hydrogen) atoms. The fourth-order valence-corrected chi connectivity index (χ4v) is 12.5. The Morgan fingerprint density at radius 2 is 0.783 bits per heavy atom. The van der Waals surface area contributed by atoms with E-state index in [0.717, 1.165) is 0 Å². The third-order valence-corrected chi connectivity index (χ3v) is 13.7. The molecule has 0 heterocycles. The van der Waals surface area contributed by atoms with Crippen LogP contribution >= 0.6 is 21.8 Å². The summed E-state index contributed by atoms with van der Waals surface area (Å²) in [6, 6.07) is 26.7. The molecule has 0 aliphatic rings. The van der Waals surface area contributed by atoms with Gasteiger partial charge in [0.1, 0.15) is 0 Å². The van der Waals surface area contributed by atoms with Crippen LogP contribution in [-0.2, 0) is 0 Å². The molecular weight excluding hydrogens is 407 g/mol. The molecule has 0 spiro atoms. The average molecular weight is 428 g/mol. The van der Waals surface area contributed by atoms with Crippen molar-refractivity contribution in [1.82, 2.24) is 0 Å². The lowest BCUT2D eigenvalue weighted by Crippen LogP contribution is -2.64. The van der Waals surface area contributed by atoms with Crippen molar-refractivity contribution in [2.24, 2.45) is 0 Å². The summed E-state index contributed by atoms with van der Waals surface area (Å²) in [5, 5.41) is 4.51. The van der Waals surface area contributed by atoms with Gasteiger partial charge in [-0.3, -0.25) is 0 Å². The fourth-order valence-electron chi connectivity index (χ4n) is 3.31. The van der Waals surface area contributed by atoms with E-state index in [2.05, 4.69) is 115 Å². The quantitative estimate of drug-likeness (QED) is 0.256. The summed E-state index contributed by atoms with van der Waals surface area (Å²) < 4.78 is 0. The molecule has 0 fully saturated rings. The van der Waals surface area contributed by atoms with Crippen molar-refractivity contribution in [3.63, 3.8) is 0 Å². The van der Waals surface area contributed by atoms with Gasteiger partial charge < -0.3 is 0 Å². The van der Waals surface area contributed by atoms with Crippen LogP contribution in [-0.4, -0.2) is 5.57 Å². The topological polar surface area (TPSA) is 0 Å². The summed E-state index contributed by atoms with van der Waals surface area (Å²) in [6.07, 6.45) is 0. The Balaban J connectivity index is 2.38. The van der Waals surface area contributed by atoms with Crippen molar-refractivity contribution in [1.29, 1.82) is 0 Å². The molecule has 0 amide bonds. The zero-order valence-corrected chi connectivity index (χ0v) is 17.0. The van der Waals surface area contributed by atoms with Crippen LogP contribution in [0.3, 0.4) is 0 Å². The second-order valence-electron chi connectivity index (χ2n) is 6.10. The third kappa shape index (κ3) is 2.90. The first kappa shape index (κ1) is 16.5. The molecule has 0 aliphatic carbocycles. The van der Waals surface area contributed by atoms with Crippen LogP contribution < -0.4 is 15.6 Å². The zero-order chi connectivity index (χ0) is 16.4. The van der Waals surface area contributed by atoms with E-state index >= 15 is 0 Å². The van der Waals surface area contributed by atoms with Gasteiger partial charge in [0.15, 0.2) is 0 Å². The Hall–Kier alpha value is -1.39. The molecule has 116 valence electrons.